The third kappa shape index (κ3) is 4.00. The normalized spacial score (nSPS) is 10.2. The number of hydrogen-bond acceptors (Lipinski definition) is 5. The molecule has 3 N–H and O–H groups in total. The van der Waals surface area contributed by atoms with Crippen LogP contribution in [-0.2, 0) is 6.54 Å². The van der Waals surface area contributed by atoms with Crippen LogP contribution in [0.5, 0.6) is 0 Å². The molecule has 6 heteroatoms. The molecule has 4 rings (SSSR count). The summed E-state index contributed by atoms with van der Waals surface area (Å²) in [5.41, 5.74) is 4.77. The Morgan fingerprint density at radius 2 is 1.75 bits per heavy atom. The third-order valence-electron chi connectivity index (χ3n) is 4.21. The third-order valence-corrected chi connectivity index (χ3v) is 4.21. The number of anilines is 3. The van der Waals surface area contributed by atoms with Gasteiger partial charge in [0.2, 0.25) is 5.95 Å². The molecule has 0 atom stereocenters. The first-order valence-electron chi connectivity index (χ1n) is 8.80. The molecule has 2 aromatic carbocycles. The lowest BCUT2D eigenvalue weighted by Crippen LogP contribution is -2.01. The van der Waals surface area contributed by atoms with Crippen molar-refractivity contribution in [3.8, 4) is 23.7 Å². The van der Waals surface area contributed by atoms with E-state index in [0.717, 1.165) is 28.1 Å². The fraction of sp³-hybridized carbons (Fsp3) is 0.0455. The summed E-state index contributed by atoms with van der Waals surface area (Å²) >= 11 is 0. The lowest BCUT2D eigenvalue weighted by atomic mass is 10.1. The molecule has 0 amide bonds. The highest BCUT2D eigenvalue weighted by Gasteiger charge is 2.10. The molecule has 0 saturated carbocycles. The maximum atomic E-state index is 5.39. The SMILES string of the molecule is C#Cc1ccc(Nc2n[nH]c(-c3ccccc3NCc3ccncc3)n2)cc1. The Kier molecular flexibility index (Phi) is 4.98. The number of nitrogens with one attached hydrogen (secondary N) is 3. The number of aromatic amines is 1. The van der Waals surface area contributed by atoms with E-state index in [1.54, 1.807) is 12.4 Å². The van der Waals surface area contributed by atoms with E-state index in [4.69, 9.17) is 6.42 Å². The van der Waals surface area contributed by atoms with Gasteiger partial charge in [-0.3, -0.25) is 10.1 Å². The lowest BCUT2D eigenvalue weighted by Gasteiger charge is -2.10. The van der Waals surface area contributed by atoms with Gasteiger partial charge in [-0.05, 0) is 54.1 Å². The van der Waals surface area contributed by atoms with Gasteiger partial charge in [0.05, 0.1) is 0 Å². The van der Waals surface area contributed by atoms with Crippen LogP contribution in [0.15, 0.2) is 73.1 Å². The van der Waals surface area contributed by atoms with Crippen LogP contribution >= 0.6 is 0 Å². The molecule has 28 heavy (non-hydrogen) atoms. The van der Waals surface area contributed by atoms with Crippen molar-refractivity contribution in [2.24, 2.45) is 0 Å². The van der Waals surface area contributed by atoms with Crippen LogP contribution in [0.25, 0.3) is 11.4 Å². The van der Waals surface area contributed by atoms with Gasteiger partial charge in [-0.25, -0.2) is 0 Å². The molecule has 0 spiro atoms. The lowest BCUT2D eigenvalue weighted by molar-refractivity contribution is 1.09. The second-order valence-electron chi connectivity index (χ2n) is 6.11. The Bertz CT molecular complexity index is 1090. The summed E-state index contributed by atoms with van der Waals surface area (Å²) < 4.78 is 0. The summed E-state index contributed by atoms with van der Waals surface area (Å²) in [5, 5.41) is 13.9. The molecule has 0 aliphatic carbocycles. The summed E-state index contributed by atoms with van der Waals surface area (Å²) in [5.74, 6) is 3.77. The average molecular weight is 366 g/mol. The fourth-order valence-corrected chi connectivity index (χ4v) is 2.76. The van der Waals surface area contributed by atoms with E-state index < -0.39 is 0 Å². The largest absolute Gasteiger partial charge is 0.380 e. The van der Waals surface area contributed by atoms with Crippen molar-refractivity contribution >= 4 is 17.3 Å². The van der Waals surface area contributed by atoms with Crippen LogP contribution in [0.2, 0.25) is 0 Å². The zero-order valence-corrected chi connectivity index (χ0v) is 15.1. The smallest absolute Gasteiger partial charge is 0.246 e. The summed E-state index contributed by atoms with van der Waals surface area (Å²) in [6.07, 6.45) is 8.96. The quantitative estimate of drug-likeness (QED) is 0.446. The molecule has 6 nitrogen and oxygen atoms in total. The van der Waals surface area contributed by atoms with Gasteiger partial charge in [0.1, 0.15) is 0 Å². The summed E-state index contributed by atoms with van der Waals surface area (Å²) in [7, 11) is 0. The van der Waals surface area contributed by atoms with Crippen molar-refractivity contribution in [3.63, 3.8) is 0 Å². The van der Waals surface area contributed by atoms with E-state index in [0.29, 0.717) is 18.3 Å². The Morgan fingerprint density at radius 1 is 0.964 bits per heavy atom. The van der Waals surface area contributed by atoms with Crippen LogP contribution in [-0.4, -0.2) is 20.2 Å². The highest BCUT2D eigenvalue weighted by Crippen LogP contribution is 2.26. The second kappa shape index (κ2) is 8.06. The van der Waals surface area contributed by atoms with Gasteiger partial charge >= 0.3 is 0 Å². The van der Waals surface area contributed by atoms with Gasteiger partial charge in [0, 0.05) is 41.4 Å². The molecule has 2 aromatic heterocycles. The molecule has 0 radical (unpaired) electrons. The molecule has 0 aliphatic heterocycles. The maximum absolute atomic E-state index is 5.39. The Hall–Kier alpha value is -4.11. The van der Waals surface area contributed by atoms with Crippen molar-refractivity contribution in [1.29, 1.82) is 0 Å². The van der Waals surface area contributed by atoms with Gasteiger partial charge in [-0.15, -0.1) is 11.5 Å². The molecular weight excluding hydrogens is 348 g/mol. The Morgan fingerprint density at radius 3 is 2.54 bits per heavy atom. The number of H-pyrrole nitrogens is 1. The number of para-hydroxylation sites is 1. The first kappa shape index (κ1) is 17.3. The first-order valence-corrected chi connectivity index (χ1v) is 8.80. The number of nitrogens with zero attached hydrogens (tertiary/aromatic N) is 3. The number of benzene rings is 2. The van der Waals surface area contributed by atoms with Crippen LogP contribution in [0, 0.1) is 12.3 Å². The van der Waals surface area contributed by atoms with Crippen molar-refractivity contribution in [2.45, 2.75) is 6.54 Å². The van der Waals surface area contributed by atoms with Crippen LogP contribution in [0.4, 0.5) is 17.3 Å². The summed E-state index contributed by atoms with van der Waals surface area (Å²) in [6.45, 7) is 0.695. The first-order chi connectivity index (χ1) is 13.8. The van der Waals surface area contributed by atoms with E-state index in [2.05, 4.69) is 36.7 Å². The van der Waals surface area contributed by atoms with Gasteiger partial charge in [0.25, 0.3) is 0 Å². The standard InChI is InChI=1S/C22H18N6/c1-2-16-7-9-18(10-8-16)25-22-26-21(27-28-22)19-5-3-4-6-20(19)24-15-17-11-13-23-14-12-17/h1,3-14,24H,15H2,(H2,25,26,27,28). The molecule has 0 aliphatic rings. The molecule has 2 heterocycles. The molecule has 0 fully saturated rings. The molecule has 136 valence electrons. The predicted octanol–water partition coefficient (Wildman–Crippen LogP) is 4.20. The van der Waals surface area contributed by atoms with E-state index in [9.17, 15) is 0 Å². The number of pyridine rings is 1. The summed E-state index contributed by atoms with van der Waals surface area (Å²) in [4.78, 5) is 8.61. The topological polar surface area (TPSA) is 78.5 Å². The second-order valence-corrected chi connectivity index (χ2v) is 6.11. The molecule has 0 bridgehead atoms. The van der Waals surface area contributed by atoms with E-state index in [1.807, 2.05) is 60.7 Å². The van der Waals surface area contributed by atoms with Crippen molar-refractivity contribution in [2.75, 3.05) is 10.6 Å². The number of rotatable bonds is 6. The van der Waals surface area contributed by atoms with E-state index in [-0.39, 0.29) is 0 Å². The number of hydrogen-bond donors (Lipinski definition) is 3. The predicted molar refractivity (Wildman–Crippen MR) is 111 cm³/mol. The van der Waals surface area contributed by atoms with Gasteiger partial charge in [-0.2, -0.15) is 4.98 Å². The Balaban J connectivity index is 1.51. The van der Waals surface area contributed by atoms with E-state index in [1.165, 1.54) is 0 Å². The van der Waals surface area contributed by atoms with Gasteiger partial charge < -0.3 is 10.6 Å². The minimum absolute atomic E-state index is 0.493. The summed E-state index contributed by atoms with van der Waals surface area (Å²) in [6, 6.07) is 19.5. The molecule has 0 saturated heterocycles. The Labute approximate surface area is 163 Å². The molecular formula is C22H18N6. The molecule has 4 aromatic rings. The van der Waals surface area contributed by atoms with Crippen molar-refractivity contribution < 1.29 is 0 Å². The van der Waals surface area contributed by atoms with Crippen LogP contribution < -0.4 is 10.6 Å². The van der Waals surface area contributed by atoms with Crippen LogP contribution in [0.3, 0.4) is 0 Å². The molecule has 0 unspecified atom stereocenters. The minimum Gasteiger partial charge on any atom is -0.380 e. The van der Waals surface area contributed by atoms with Gasteiger partial charge in [0.15, 0.2) is 5.82 Å². The highest BCUT2D eigenvalue weighted by atomic mass is 15.3. The monoisotopic (exact) mass is 366 g/mol. The average Bonchev–Trinajstić information content (AvgIpc) is 3.22. The van der Waals surface area contributed by atoms with Crippen LogP contribution in [0.1, 0.15) is 11.1 Å². The van der Waals surface area contributed by atoms with E-state index >= 15 is 0 Å². The zero-order chi connectivity index (χ0) is 19.2. The number of terminal acetylenes is 1. The highest BCUT2D eigenvalue weighted by molar-refractivity contribution is 5.74. The number of aromatic nitrogens is 4. The fourth-order valence-electron chi connectivity index (χ4n) is 2.76. The minimum atomic E-state index is 0.493. The zero-order valence-electron chi connectivity index (χ0n) is 15.1. The van der Waals surface area contributed by atoms with Crippen molar-refractivity contribution in [1.82, 2.24) is 20.2 Å². The van der Waals surface area contributed by atoms with Crippen molar-refractivity contribution in [3.05, 3.63) is 84.2 Å². The maximum Gasteiger partial charge on any atom is 0.246 e. The van der Waals surface area contributed by atoms with Gasteiger partial charge in [-0.1, -0.05) is 18.1 Å².